The van der Waals surface area contributed by atoms with E-state index in [9.17, 15) is 0 Å². The van der Waals surface area contributed by atoms with Crippen molar-refractivity contribution in [3.8, 4) is 0 Å². The van der Waals surface area contributed by atoms with Gasteiger partial charge in [0.05, 0.1) is 0 Å². The van der Waals surface area contributed by atoms with Crippen LogP contribution in [0.25, 0.3) is 0 Å². The summed E-state index contributed by atoms with van der Waals surface area (Å²) < 4.78 is 0. The zero-order chi connectivity index (χ0) is 3.58. The van der Waals surface area contributed by atoms with Crippen molar-refractivity contribution in [1.29, 1.82) is 0 Å². The molecule has 0 unspecified atom stereocenters. The molecule has 0 aromatic carbocycles. The molecule has 0 aliphatic heterocycles. The molecule has 0 aromatic rings. The standard InChI is InChI=1S/BO3.Na.W/c2-1(3)4;;/q-3;+1;+4. The molecule has 0 aliphatic rings. The van der Waals surface area contributed by atoms with Crippen LogP contribution in [-0.2, 0) is 21.1 Å². The molecule has 0 aromatic heterocycles. The fourth-order valence-corrected chi connectivity index (χ4v) is 0. The molecule has 0 heterocycles. The van der Waals surface area contributed by atoms with Crippen LogP contribution in [0.2, 0.25) is 0 Å². The summed E-state index contributed by atoms with van der Waals surface area (Å²) in [6.45, 7) is 0. The zero-order valence-corrected chi connectivity index (χ0v) is 8.14. The molecule has 0 fully saturated rings. The first-order valence-electron chi connectivity index (χ1n) is 0.707. The molecule has 6 heavy (non-hydrogen) atoms. The van der Waals surface area contributed by atoms with Crippen molar-refractivity contribution in [2.75, 3.05) is 0 Å². The van der Waals surface area contributed by atoms with Gasteiger partial charge in [-0.15, -0.1) is 0 Å². The van der Waals surface area contributed by atoms with E-state index >= 15 is 0 Å². The summed E-state index contributed by atoms with van der Waals surface area (Å²) in [5, 5.41) is 25.2. The molecule has 0 radical (unpaired) electrons. The Morgan fingerprint density at radius 3 is 1.00 bits per heavy atom. The van der Waals surface area contributed by atoms with E-state index in [1.807, 2.05) is 0 Å². The molecule has 0 bridgehead atoms. The molecule has 0 N–H and O–H groups in total. The van der Waals surface area contributed by atoms with Gasteiger partial charge in [-0.2, -0.15) is 0 Å². The van der Waals surface area contributed by atoms with Gasteiger partial charge in [0.25, 0.3) is 0 Å². The van der Waals surface area contributed by atoms with Gasteiger partial charge in [-0.3, -0.25) is 7.32 Å². The van der Waals surface area contributed by atoms with E-state index in [0.29, 0.717) is 0 Å². The minimum atomic E-state index is -2.92. The maximum atomic E-state index is 8.42. The van der Waals surface area contributed by atoms with Crippen molar-refractivity contribution in [2.24, 2.45) is 0 Å². The molecule has 0 aliphatic carbocycles. The summed E-state index contributed by atoms with van der Waals surface area (Å²) in [4.78, 5) is 0. The van der Waals surface area contributed by atoms with E-state index in [-0.39, 0.29) is 50.6 Å². The van der Waals surface area contributed by atoms with Gasteiger partial charge >= 0.3 is 50.6 Å². The third-order valence-corrected chi connectivity index (χ3v) is 0. The molecule has 0 saturated carbocycles. The molecule has 3 nitrogen and oxygen atoms in total. The van der Waals surface area contributed by atoms with Crippen molar-refractivity contribution in [2.45, 2.75) is 0 Å². The predicted octanol–water partition coefficient (Wildman–Crippen LogP) is -6.95. The third-order valence-electron chi connectivity index (χ3n) is 0. The Kier molecular flexibility index (Phi) is 25.6. The third kappa shape index (κ3) is 45.3. The largest absolute Gasteiger partial charge is 4.00 e. The van der Waals surface area contributed by atoms with Crippen LogP contribution in [0.3, 0.4) is 0 Å². The van der Waals surface area contributed by atoms with Crippen LogP contribution < -0.4 is 44.6 Å². The molecule has 0 saturated heterocycles. The molecule has 0 spiro atoms. The van der Waals surface area contributed by atoms with Crippen LogP contribution >= 0.6 is 0 Å². The maximum absolute atomic E-state index is 8.42. The van der Waals surface area contributed by atoms with Gasteiger partial charge < -0.3 is 15.1 Å². The van der Waals surface area contributed by atoms with Crippen LogP contribution in [0, 0.1) is 0 Å². The predicted molar refractivity (Wildman–Crippen MR) is 5.75 cm³/mol. The van der Waals surface area contributed by atoms with E-state index in [2.05, 4.69) is 0 Å². The fraction of sp³-hybridized carbons (Fsp3) is 0. The molecular weight excluding hydrogens is 266 g/mol. The Morgan fingerprint density at radius 2 is 1.00 bits per heavy atom. The normalized spacial score (nSPS) is 4.50. The van der Waals surface area contributed by atoms with Gasteiger partial charge in [-0.05, 0) is 0 Å². The SMILES string of the molecule is [Na+].[O-]B([O-])[O-].[W+4]. The molecule has 0 amide bonds. The second-order valence-corrected chi connectivity index (χ2v) is 0.289. The Hall–Kier alpha value is 1.63. The van der Waals surface area contributed by atoms with Crippen molar-refractivity contribution in [3.05, 3.63) is 0 Å². The smallest absolute Gasteiger partial charge is 0.907 e. The molecule has 26 valence electrons. The average molecular weight is 266 g/mol. The van der Waals surface area contributed by atoms with Gasteiger partial charge in [-0.25, -0.2) is 0 Å². The van der Waals surface area contributed by atoms with Gasteiger partial charge in [0.2, 0.25) is 0 Å². The molecular formula is BNaO3W+2. The summed E-state index contributed by atoms with van der Waals surface area (Å²) in [5.41, 5.74) is 0. The minimum Gasteiger partial charge on any atom is -0.907 e. The second kappa shape index (κ2) is 9.81. The molecule has 0 atom stereocenters. The minimum absolute atomic E-state index is 0. The van der Waals surface area contributed by atoms with E-state index < -0.39 is 7.32 Å². The van der Waals surface area contributed by atoms with Crippen LogP contribution in [-0.4, -0.2) is 7.32 Å². The molecule has 0 rings (SSSR count). The van der Waals surface area contributed by atoms with E-state index in [4.69, 9.17) is 15.1 Å². The summed E-state index contributed by atoms with van der Waals surface area (Å²) in [6, 6.07) is 0. The Bertz CT molecular complexity index is 15.5. The number of hydrogen-bond donors (Lipinski definition) is 0. The second-order valence-electron chi connectivity index (χ2n) is 0.289. The quantitative estimate of drug-likeness (QED) is 0.409. The van der Waals surface area contributed by atoms with Crippen LogP contribution in [0.1, 0.15) is 0 Å². The first-order valence-corrected chi connectivity index (χ1v) is 0.707. The number of hydrogen-bond acceptors (Lipinski definition) is 3. The molecule has 6 heteroatoms. The average Bonchev–Trinajstić information content (AvgIpc) is 0.811. The Morgan fingerprint density at radius 1 is 1.00 bits per heavy atom. The summed E-state index contributed by atoms with van der Waals surface area (Å²) in [6.07, 6.45) is 0. The van der Waals surface area contributed by atoms with Crippen molar-refractivity contribution in [1.82, 2.24) is 0 Å². The summed E-state index contributed by atoms with van der Waals surface area (Å²) in [7, 11) is -2.92. The summed E-state index contributed by atoms with van der Waals surface area (Å²) >= 11 is 0. The van der Waals surface area contributed by atoms with E-state index in [1.54, 1.807) is 0 Å². The van der Waals surface area contributed by atoms with Gasteiger partial charge in [0.1, 0.15) is 0 Å². The van der Waals surface area contributed by atoms with Crippen molar-refractivity contribution >= 4 is 7.32 Å². The van der Waals surface area contributed by atoms with Crippen LogP contribution in [0.15, 0.2) is 0 Å². The van der Waals surface area contributed by atoms with E-state index in [1.165, 1.54) is 0 Å². The van der Waals surface area contributed by atoms with E-state index in [0.717, 1.165) is 0 Å². The van der Waals surface area contributed by atoms with Crippen LogP contribution in [0.5, 0.6) is 0 Å². The fourth-order valence-electron chi connectivity index (χ4n) is 0. The van der Waals surface area contributed by atoms with Crippen LogP contribution in [0.4, 0.5) is 0 Å². The first-order chi connectivity index (χ1) is 1.73. The summed E-state index contributed by atoms with van der Waals surface area (Å²) in [5.74, 6) is 0. The number of rotatable bonds is 0. The monoisotopic (exact) mass is 266 g/mol. The maximum Gasteiger partial charge on any atom is 4.00 e. The van der Waals surface area contributed by atoms with Gasteiger partial charge in [0, 0.05) is 0 Å². The first kappa shape index (κ1) is 15.6. The van der Waals surface area contributed by atoms with Gasteiger partial charge in [0.15, 0.2) is 0 Å². The zero-order valence-electron chi connectivity index (χ0n) is 3.21. The van der Waals surface area contributed by atoms with Gasteiger partial charge in [-0.1, -0.05) is 0 Å². The Labute approximate surface area is 72.5 Å². The topological polar surface area (TPSA) is 69.2 Å². The van der Waals surface area contributed by atoms with Crippen molar-refractivity contribution < 1.29 is 65.7 Å². The Balaban J connectivity index is -0.0000000450. The van der Waals surface area contributed by atoms with Crippen molar-refractivity contribution in [3.63, 3.8) is 0 Å².